The third-order valence-electron chi connectivity index (χ3n) is 12.4. The van der Waals surface area contributed by atoms with E-state index in [2.05, 4.69) is 37.2 Å². The summed E-state index contributed by atoms with van der Waals surface area (Å²) in [6.45, 7) is 9.40. The zero-order valence-corrected chi connectivity index (χ0v) is 45.5. The number of aromatic hydroxyl groups is 1. The van der Waals surface area contributed by atoms with Crippen molar-refractivity contribution in [3.8, 4) is 5.75 Å². The van der Waals surface area contributed by atoms with Gasteiger partial charge in [0.2, 0.25) is 53.2 Å². The van der Waals surface area contributed by atoms with Crippen molar-refractivity contribution in [3.63, 3.8) is 0 Å². The Bertz CT molecular complexity index is 2480. The molecule has 0 fully saturated rings. The molecule has 0 unspecified atom stereocenters. The molecule has 2 aromatic carbocycles. The average Bonchev–Trinajstić information content (AvgIpc) is 3.39. The number of phenols is 1. The number of carbonyl (C=O) groups excluding carboxylic acids is 9. The standard InChI is InChI=1S/C52H76N10O18/c1-8-27(6)42(62-43(70)28(7)53)51(78)59-37(23-63)49(76)61-41(26(4)5)50(77)58-32(18-25(2)3)44(71)54-34(20-30-14-16-31(65)17-15-30)45(72)55-33(19-29-12-10-9-11-13-29)46(73)56-35(21-39(66)67)47(74)57-36(22-40(68)69)48(75)60-38(24-64)52(79)80/h9-17,25-28,32-38,41-42,63-65H,8,18-24,53H2,1-7H3,(H,54,71)(H,55,72)(H,56,73)(H,57,74)(H,58,77)(H,59,78)(H,60,75)(H,61,76)(H,62,70)(H,66,67)(H,68,69)(H,79,80)/t27-,28-,32-,33-,34-,35-,36-,37-,38-,41-,42-/m0/s1. The van der Waals surface area contributed by atoms with Gasteiger partial charge < -0.3 is 84.2 Å². The fraction of sp³-hybridized carbons (Fsp3) is 0.538. The first-order chi connectivity index (χ1) is 37.5. The van der Waals surface area contributed by atoms with Crippen LogP contribution < -0.4 is 53.6 Å². The maximum Gasteiger partial charge on any atom is 0.328 e. The van der Waals surface area contributed by atoms with Gasteiger partial charge >= 0.3 is 17.9 Å². The first-order valence-corrected chi connectivity index (χ1v) is 25.7. The van der Waals surface area contributed by atoms with Crippen LogP contribution in [0.1, 0.15) is 85.3 Å². The van der Waals surface area contributed by atoms with Crippen LogP contribution in [-0.2, 0) is 70.4 Å². The molecule has 28 nitrogen and oxygen atoms in total. The number of nitrogens with one attached hydrogen (secondary N) is 9. The highest BCUT2D eigenvalue weighted by Crippen LogP contribution is 2.15. The van der Waals surface area contributed by atoms with Gasteiger partial charge in [0, 0.05) is 12.8 Å². The van der Waals surface area contributed by atoms with Gasteiger partial charge in [-0.2, -0.15) is 0 Å². The van der Waals surface area contributed by atoms with Crippen molar-refractivity contribution in [1.29, 1.82) is 0 Å². The summed E-state index contributed by atoms with van der Waals surface area (Å²) >= 11 is 0. The Hall–Kier alpha value is -8.24. The van der Waals surface area contributed by atoms with Crippen LogP contribution in [0, 0.1) is 17.8 Å². The summed E-state index contributed by atoms with van der Waals surface area (Å²) < 4.78 is 0. The molecular formula is C52H76N10O18. The molecule has 28 heteroatoms. The first kappa shape index (κ1) is 67.9. The number of amides is 9. The number of rotatable bonds is 34. The van der Waals surface area contributed by atoms with E-state index in [-0.39, 0.29) is 30.9 Å². The molecule has 442 valence electrons. The molecule has 11 atom stereocenters. The number of carboxylic acid groups (broad SMARTS) is 3. The number of aliphatic carboxylic acids is 3. The maximum atomic E-state index is 14.6. The minimum Gasteiger partial charge on any atom is -0.508 e. The zero-order chi connectivity index (χ0) is 60.6. The van der Waals surface area contributed by atoms with E-state index in [1.807, 2.05) is 10.6 Å². The molecule has 9 amide bonds. The van der Waals surface area contributed by atoms with Crippen molar-refractivity contribution < 1.29 is 88.2 Å². The number of aliphatic hydroxyl groups is 2. The van der Waals surface area contributed by atoms with Crippen molar-refractivity contribution in [2.24, 2.45) is 23.5 Å². The van der Waals surface area contributed by atoms with Crippen LogP contribution in [-0.4, -0.2) is 175 Å². The molecule has 0 bridgehead atoms. The maximum absolute atomic E-state index is 14.6. The van der Waals surface area contributed by atoms with E-state index in [0.717, 1.165) is 0 Å². The predicted octanol–water partition coefficient (Wildman–Crippen LogP) is -3.35. The highest BCUT2D eigenvalue weighted by atomic mass is 16.4. The van der Waals surface area contributed by atoms with Crippen molar-refractivity contribution in [3.05, 3.63) is 65.7 Å². The van der Waals surface area contributed by atoms with Crippen molar-refractivity contribution >= 4 is 71.1 Å². The van der Waals surface area contributed by atoms with Crippen LogP contribution in [0.5, 0.6) is 5.75 Å². The summed E-state index contributed by atoms with van der Waals surface area (Å²) in [5, 5.41) is 79.4. The first-order valence-electron chi connectivity index (χ1n) is 25.7. The average molecular weight is 1130 g/mol. The summed E-state index contributed by atoms with van der Waals surface area (Å²) in [4.78, 5) is 159. The largest absolute Gasteiger partial charge is 0.508 e. The number of hydrogen-bond donors (Lipinski definition) is 16. The summed E-state index contributed by atoms with van der Waals surface area (Å²) in [6, 6.07) is -2.45. The van der Waals surface area contributed by atoms with Gasteiger partial charge in [-0.05, 0) is 54.4 Å². The molecule has 0 radical (unpaired) electrons. The van der Waals surface area contributed by atoms with Gasteiger partial charge in [0.25, 0.3) is 0 Å². The zero-order valence-electron chi connectivity index (χ0n) is 45.5. The number of benzene rings is 2. The Morgan fingerprint density at radius 3 is 1.24 bits per heavy atom. The van der Waals surface area contributed by atoms with Crippen LogP contribution in [0.25, 0.3) is 0 Å². The van der Waals surface area contributed by atoms with Gasteiger partial charge in [-0.15, -0.1) is 0 Å². The van der Waals surface area contributed by atoms with Gasteiger partial charge in [-0.25, -0.2) is 4.79 Å². The molecule has 17 N–H and O–H groups in total. The molecule has 0 saturated heterocycles. The minimum atomic E-state index is -2.07. The van der Waals surface area contributed by atoms with E-state index in [9.17, 15) is 88.2 Å². The summed E-state index contributed by atoms with van der Waals surface area (Å²) in [7, 11) is 0. The second-order valence-electron chi connectivity index (χ2n) is 19.9. The Morgan fingerprint density at radius 1 is 0.450 bits per heavy atom. The quantitative estimate of drug-likeness (QED) is 0.0326. The minimum absolute atomic E-state index is 0.0496. The molecule has 0 aliphatic carbocycles. The molecular weight excluding hydrogens is 1050 g/mol. The molecule has 0 aromatic heterocycles. The SMILES string of the molecule is CC[C@H](C)[C@H](NC(=O)[C@H](C)N)C(=O)N[C@@H](CO)C(=O)N[C@H](C(=O)N[C@@H](CC(C)C)C(=O)N[C@@H](Cc1ccc(O)cc1)C(=O)N[C@@H](Cc1ccccc1)C(=O)N[C@@H](CC(=O)O)C(=O)N[C@@H](CC(=O)O)C(=O)N[C@@H](CO)C(=O)O)C(C)C. The molecule has 0 spiro atoms. The van der Waals surface area contributed by atoms with E-state index in [4.69, 9.17) is 5.73 Å². The number of aliphatic hydroxyl groups excluding tert-OH is 2. The fourth-order valence-corrected chi connectivity index (χ4v) is 7.65. The van der Waals surface area contributed by atoms with E-state index >= 15 is 0 Å². The molecule has 0 aliphatic rings. The lowest BCUT2D eigenvalue weighted by molar-refractivity contribution is -0.145. The Balaban J connectivity index is 2.55. The van der Waals surface area contributed by atoms with E-state index < -0.39 is 169 Å². The number of nitrogens with two attached hydrogens (primary N) is 1. The van der Waals surface area contributed by atoms with Crippen molar-refractivity contribution in [1.82, 2.24) is 47.9 Å². The third-order valence-corrected chi connectivity index (χ3v) is 12.4. The molecule has 80 heavy (non-hydrogen) atoms. The lowest BCUT2D eigenvalue weighted by atomic mass is 9.97. The van der Waals surface area contributed by atoms with Gasteiger partial charge in [0.15, 0.2) is 0 Å². The van der Waals surface area contributed by atoms with E-state index in [1.54, 1.807) is 71.9 Å². The molecule has 2 rings (SSSR count). The van der Waals surface area contributed by atoms with Crippen LogP contribution in [0.4, 0.5) is 0 Å². The van der Waals surface area contributed by atoms with Crippen molar-refractivity contribution in [2.75, 3.05) is 13.2 Å². The molecule has 2 aromatic rings. The monoisotopic (exact) mass is 1130 g/mol. The molecule has 0 saturated carbocycles. The van der Waals surface area contributed by atoms with Crippen LogP contribution in [0.3, 0.4) is 0 Å². The number of hydrogen-bond acceptors (Lipinski definition) is 16. The topological polar surface area (TPSA) is 461 Å². The van der Waals surface area contributed by atoms with Gasteiger partial charge in [-0.1, -0.05) is 90.4 Å². The van der Waals surface area contributed by atoms with Crippen LogP contribution in [0.15, 0.2) is 54.6 Å². The van der Waals surface area contributed by atoms with Gasteiger partial charge in [0.1, 0.15) is 60.1 Å². The highest BCUT2D eigenvalue weighted by molar-refractivity contribution is 6.00. The van der Waals surface area contributed by atoms with Gasteiger partial charge in [-0.3, -0.25) is 52.7 Å². The second kappa shape index (κ2) is 33.3. The summed E-state index contributed by atoms with van der Waals surface area (Å²) in [5.74, 6) is -15.9. The lowest BCUT2D eigenvalue weighted by Crippen LogP contribution is -2.62. The van der Waals surface area contributed by atoms with Crippen LogP contribution in [0.2, 0.25) is 0 Å². The summed E-state index contributed by atoms with van der Waals surface area (Å²) in [6.07, 6.45) is -2.60. The Labute approximate surface area is 461 Å². The van der Waals surface area contributed by atoms with Crippen LogP contribution >= 0.6 is 0 Å². The smallest absolute Gasteiger partial charge is 0.328 e. The molecule has 0 heterocycles. The lowest BCUT2D eigenvalue weighted by Gasteiger charge is -2.30. The number of carbonyl (C=O) groups is 12. The third kappa shape index (κ3) is 23.0. The normalized spacial score (nSPS) is 15.2. The predicted molar refractivity (Wildman–Crippen MR) is 283 cm³/mol. The highest BCUT2D eigenvalue weighted by Gasteiger charge is 2.37. The van der Waals surface area contributed by atoms with E-state index in [1.165, 1.54) is 31.2 Å². The van der Waals surface area contributed by atoms with E-state index in [0.29, 0.717) is 17.5 Å². The number of phenolic OH excluding ortho intramolecular Hbond substituents is 1. The number of carboxylic acids is 3. The Morgan fingerprint density at radius 2 is 0.825 bits per heavy atom. The second-order valence-corrected chi connectivity index (χ2v) is 19.9. The van der Waals surface area contributed by atoms with Crippen molar-refractivity contribution in [2.45, 2.75) is 147 Å². The Kier molecular flexibility index (Phi) is 28.2. The fourth-order valence-electron chi connectivity index (χ4n) is 7.65. The molecule has 0 aliphatic heterocycles. The van der Waals surface area contributed by atoms with Gasteiger partial charge in [0.05, 0.1) is 32.1 Å². The summed E-state index contributed by atoms with van der Waals surface area (Å²) in [5.41, 5.74) is 6.46.